The highest BCUT2D eigenvalue weighted by atomic mass is 35.5. The minimum absolute atomic E-state index is 0.154. The van der Waals surface area contributed by atoms with Gasteiger partial charge in [0.1, 0.15) is 17.5 Å². The Labute approximate surface area is 172 Å². The van der Waals surface area contributed by atoms with Crippen LogP contribution >= 0.6 is 23.8 Å². The van der Waals surface area contributed by atoms with Gasteiger partial charge in [-0.3, -0.25) is 4.79 Å². The van der Waals surface area contributed by atoms with Crippen molar-refractivity contribution in [2.45, 2.75) is 5.92 Å². The Bertz CT molecular complexity index is 981. The van der Waals surface area contributed by atoms with Gasteiger partial charge in [-0.25, -0.2) is 0 Å². The number of thiocarbonyl (C=S) groups is 1. The van der Waals surface area contributed by atoms with Gasteiger partial charge < -0.3 is 21.1 Å². The van der Waals surface area contributed by atoms with Crippen LogP contribution in [0.15, 0.2) is 59.9 Å². The van der Waals surface area contributed by atoms with Gasteiger partial charge >= 0.3 is 0 Å². The Morgan fingerprint density at radius 3 is 2.46 bits per heavy atom. The van der Waals surface area contributed by atoms with Crippen molar-refractivity contribution >= 4 is 40.4 Å². The van der Waals surface area contributed by atoms with Crippen LogP contribution in [-0.2, 0) is 4.79 Å². The molecular weight excluding hydrogens is 396 g/mol. The number of amides is 1. The first-order chi connectivity index (χ1) is 13.4. The largest absolute Gasteiger partial charge is 0.497 e. The molecule has 3 rings (SSSR count). The molecule has 142 valence electrons. The number of anilines is 1. The number of nitrogens with zero attached hydrogens (tertiary/aromatic N) is 1. The summed E-state index contributed by atoms with van der Waals surface area (Å²) < 4.78 is 5.12. The molecule has 8 heteroatoms. The summed E-state index contributed by atoms with van der Waals surface area (Å²) in [6.07, 6.45) is 0. The lowest BCUT2D eigenvalue weighted by Gasteiger charge is -2.32. The maximum Gasteiger partial charge on any atom is 0.235 e. The lowest BCUT2D eigenvalue weighted by molar-refractivity contribution is -0.118. The Hall–Kier alpha value is -3.08. The van der Waals surface area contributed by atoms with Crippen LogP contribution < -0.4 is 21.1 Å². The van der Waals surface area contributed by atoms with Crippen molar-refractivity contribution in [3.8, 4) is 11.8 Å². The molecule has 0 radical (unpaired) electrons. The number of methoxy groups -OCH3 is 1. The monoisotopic (exact) mass is 412 g/mol. The van der Waals surface area contributed by atoms with Crippen molar-refractivity contribution in [1.82, 2.24) is 5.32 Å². The topological polar surface area (TPSA) is 100 Å². The predicted molar refractivity (Wildman–Crippen MR) is 112 cm³/mol. The normalized spacial score (nSPS) is 18.8. The fraction of sp³-hybridized carbons (Fsp3) is 0.150. The highest BCUT2D eigenvalue weighted by Gasteiger charge is 2.40. The minimum atomic E-state index is -0.805. The second-order valence-corrected chi connectivity index (χ2v) is 7.03. The molecule has 2 aromatic carbocycles. The van der Waals surface area contributed by atoms with E-state index in [9.17, 15) is 10.1 Å². The fourth-order valence-electron chi connectivity index (χ4n) is 3.09. The van der Waals surface area contributed by atoms with Crippen LogP contribution in [0.1, 0.15) is 11.5 Å². The Balaban J connectivity index is 1.97. The van der Waals surface area contributed by atoms with Crippen LogP contribution in [0.3, 0.4) is 0 Å². The van der Waals surface area contributed by atoms with Crippen molar-refractivity contribution in [3.63, 3.8) is 0 Å². The summed E-state index contributed by atoms with van der Waals surface area (Å²) in [5.41, 5.74) is 7.54. The van der Waals surface area contributed by atoms with Crippen LogP contribution in [-0.4, -0.2) is 18.0 Å². The molecule has 1 aliphatic rings. The summed E-state index contributed by atoms with van der Waals surface area (Å²) in [4.78, 5) is 13.3. The van der Waals surface area contributed by atoms with Crippen LogP contribution in [0.2, 0.25) is 5.02 Å². The van der Waals surface area contributed by atoms with Gasteiger partial charge in [-0.15, -0.1) is 0 Å². The van der Waals surface area contributed by atoms with E-state index in [0.29, 0.717) is 16.5 Å². The molecule has 0 spiro atoms. The van der Waals surface area contributed by atoms with Crippen LogP contribution in [0.5, 0.6) is 5.75 Å². The standard InChI is InChI=1S/C20H17ClN4O2S/c1-27-14-8-6-13(7-9-14)24-19(26)17-16(11-2-4-12(21)5-3-11)15(10-22)18(23)25-20(17)28/h2-9,16-17H,23H2,1H3,(H,24,26)(H,25,28)/t16-,17-/m0/s1. The number of carbonyl (C=O) groups excluding carboxylic acids is 1. The zero-order valence-electron chi connectivity index (χ0n) is 14.9. The van der Waals surface area contributed by atoms with Gasteiger partial charge in [0, 0.05) is 16.6 Å². The third kappa shape index (κ3) is 3.93. The highest BCUT2D eigenvalue weighted by molar-refractivity contribution is 7.80. The summed E-state index contributed by atoms with van der Waals surface area (Å²) in [5.74, 6) is -0.937. The van der Waals surface area contributed by atoms with E-state index in [2.05, 4.69) is 16.7 Å². The Kier molecular flexibility index (Phi) is 5.83. The maximum absolute atomic E-state index is 13.1. The number of hydrogen-bond donors (Lipinski definition) is 3. The molecule has 6 nitrogen and oxygen atoms in total. The lowest BCUT2D eigenvalue weighted by Crippen LogP contribution is -2.46. The number of nitriles is 1. The van der Waals surface area contributed by atoms with E-state index in [1.54, 1.807) is 55.6 Å². The zero-order chi connectivity index (χ0) is 20.3. The van der Waals surface area contributed by atoms with Crippen molar-refractivity contribution in [2.24, 2.45) is 11.7 Å². The summed E-state index contributed by atoms with van der Waals surface area (Å²) in [6.45, 7) is 0. The molecule has 28 heavy (non-hydrogen) atoms. The van der Waals surface area contributed by atoms with E-state index in [0.717, 1.165) is 5.56 Å². The minimum Gasteiger partial charge on any atom is -0.497 e. The van der Waals surface area contributed by atoms with Crippen molar-refractivity contribution in [2.75, 3.05) is 12.4 Å². The Morgan fingerprint density at radius 1 is 1.25 bits per heavy atom. The summed E-state index contributed by atoms with van der Waals surface area (Å²) in [7, 11) is 1.57. The Morgan fingerprint density at radius 2 is 1.89 bits per heavy atom. The van der Waals surface area contributed by atoms with Crippen LogP contribution in [0.4, 0.5) is 5.69 Å². The molecule has 0 aliphatic carbocycles. The number of halogens is 1. The molecule has 2 atom stereocenters. The molecular formula is C20H17ClN4O2S. The van der Waals surface area contributed by atoms with Gasteiger partial charge in [-0.05, 0) is 42.0 Å². The van der Waals surface area contributed by atoms with E-state index in [4.69, 9.17) is 34.3 Å². The van der Waals surface area contributed by atoms with Crippen molar-refractivity contribution in [3.05, 3.63) is 70.5 Å². The first-order valence-electron chi connectivity index (χ1n) is 8.35. The molecule has 4 N–H and O–H groups in total. The summed E-state index contributed by atoms with van der Waals surface area (Å²) >= 11 is 11.4. The van der Waals surface area contributed by atoms with Crippen LogP contribution in [0.25, 0.3) is 0 Å². The number of nitrogens with one attached hydrogen (secondary N) is 2. The molecule has 1 aliphatic heterocycles. The van der Waals surface area contributed by atoms with Gasteiger partial charge in [-0.1, -0.05) is 36.0 Å². The second-order valence-electron chi connectivity index (χ2n) is 6.15. The van der Waals surface area contributed by atoms with E-state index >= 15 is 0 Å². The number of benzene rings is 2. The molecule has 0 aromatic heterocycles. The first-order valence-corrected chi connectivity index (χ1v) is 9.14. The maximum atomic E-state index is 13.1. The molecule has 0 unspecified atom stereocenters. The van der Waals surface area contributed by atoms with Gasteiger partial charge in [0.25, 0.3) is 0 Å². The van der Waals surface area contributed by atoms with E-state index in [-0.39, 0.29) is 22.3 Å². The number of nitrogens with two attached hydrogens (primary N) is 1. The third-order valence-electron chi connectivity index (χ3n) is 4.46. The van der Waals surface area contributed by atoms with Crippen molar-refractivity contribution in [1.29, 1.82) is 5.26 Å². The third-order valence-corrected chi connectivity index (χ3v) is 5.07. The summed E-state index contributed by atoms with van der Waals surface area (Å²) in [6, 6.07) is 16.0. The second kappa shape index (κ2) is 8.30. The summed E-state index contributed by atoms with van der Waals surface area (Å²) in [5, 5.41) is 15.8. The number of rotatable bonds is 4. The van der Waals surface area contributed by atoms with E-state index in [1.807, 2.05) is 0 Å². The van der Waals surface area contributed by atoms with Gasteiger partial charge in [-0.2, -0.15) is 5.26 Å². The SMILES string of the molecule is COc1ccc(NC(=O)[C@H]2C(=S)NC(N)=C(C#N)[C@@H]2c2ccc(Cl)cc2)cc1. The first kappa shape index (κ1) is 19.7. The molecule has 0 saturated carbocycles. The predicted octanol–water partition coefficient (Wildman–Crippen LogP) is 3.31. The number of ether oxygens (including phenoxy) is 1. The highest BCUT2D eigenvalue weighted by Crippen LogP contribution is 2.37. The molecule has 1 heterocycles. The number of hydrogen-bond acceptors (Lipinski definition) is 5. The van der Waals surface area contributed by atoms with E-state index in [1.165, 1.54) is 0 Å². The number of allylic oxidation sites excluding steroid dienone is 1. The van der Waals surface area contributed by atoms with Gasteiger partial charge in [0.2, 0.25) is 5.91 Å². The molecule has 0 fully saturated rings. The molecule has 2 aromatic rings. The van der Waals surface area contributed by atoms with E-state index < -0.39 is 11.8 Å². The fourth-order valence-corrected chi connectivity index (χ4v) is 3.57. The van der Waals surface area contributed by atoms with Gasteiger partial charge in [0.05, 0.1) is 23.7 Å². The quantitative estimate of drug-likeness (QED) is 0.666. The zero-order valence-corrected chi connectivity index (χ0v) is 16.5. The number of carbonyl (C=O) groups is 1. The smallest absolute Gasteiger partial charge is 0.235 e. The van der Waals surface area contributed by atoms with Crippen molar-refractivity contribution < 1.29 is 9.53 Å². The molecule has 0 saturated heterocycles. The molecule has 0 bridgehead atoms. The molecule has 1 amide bonds. The lowest BCUT2D eigenvalue weighted by atomic mass is 9.78. The average Bonchev–Trinajstić information content (AvgIpc) is 2.68. The van der Waals surface area contributed by atoms with Gasteiger partial charge in [0.15, 0.2) is 0 Å². The average molecular weight is 413 g/mol. The van der Waals surface area contributed by atoms with Crippen LogP contribution in [0, 0.1) is 17.2 Å².